The largest absolute Gasteiger partial charge is 0.383 e. The van der Waals surface area contributed by atoms with E-state index in [1.807, 2.05) is 18.7 Å². The lowest BCUT2D eigenvalue weighted by Crippen LogP contribution is -2.47. The van der Waals surface area contributed by atoms with Crippen LogP contribution in [-0.4, -0.2) is 59.8 Å². The molecule has 9 heteroatoms. The Balaban J connectivity index is 2.36. The van der Waals surface area contributed by atoms with Gasteiger partial charge in [-0.3, -0.25) is 24.0 Å². The Bertz CT molecular complexity index is 721. The number of nitrogens with two attached hydrogens (primary N) is 1. The number of hydrogen-bond donors (Lipinski definition) is 2. The van der Waals surface area contributed by atoms with Crippen molar-refractivity contribution in [3.8, 4) is 0 Å². The van der Waals surface area contributed by atoms with Crippen molar-refractivity contribution in [1.82, 2.24) is 14.5 Å². The molecule has 1 saturated heterocycles. The van der Waals surface area contributed by atoms with Crippen molar-refractivity contribution in [2.45, 2.75) is 39.7 Å². The Morgan fingerprint density at radius 1 is 1.23 bits per heavy atom. The molecule has 2 heterocycles. The van der Waals surface area contributed by atoms with Gasteiger partial charge in [-0.05, 0) is 12.8 Å². The van der Waals surface area contributed by atoms with Crippen LogP contribution in [0.15, 0.2) is 9.59 Å². The number of nitrogens with zero attached hydrogens (tertiary/aromatic N) is 3. The summed E-state index contributed by atoms with van der Waals surface area (Å²) in [5, 5.41) is 0. The van der Waals surface area contributed by atoms with Gasteiger partial charge in [0, 0.05) is 26.2 Å². The van der Waals surface area contributed by atoms with E-state index < -0.39 is 11.2 Å². The molecule has 0 aliphatic carbocycles. The minimum Gasteiger partial charge on any atom is -0.383 e. The predicted molar refractivity (Wildman–Crippen MR) is 101 cm³/mol. The van der Waals surface area contributed by atoms with E-state index in [-0.39, 0.29) is 24.0 Å². The van der Waals surface area contributed by atoms with Crippen molar-refractivity contribution in [2.24, 2.45) is 0 Å². The maximum Gasteiger partial charge on any atom is 0.330 e. The molecule has 1 aliphatic heterocycles. The summed E-state index contributed by atoms with van der Waals surface area (Å²) in [5.41, 5.74) is 5.04. The first kappa shape index (κ1) is 20.2. The highest BCUT2D eigenvalue weighted by atomic mass is 16.5. The molecule has 2 rings (SSSR count). The molecular formula is C17H29N5O4. The maximum absolute atomic E-state index is 12.9. The number of ether oxygens (including phenoxy) is 1. The summed E-state index contributed by atoms with van der Waals surface area (Å²) in [6.45, 7) is 7.41. The number of carbonyl (C=O) groups is 1. The fraction of sp³-hybridized carbons (Fsp3) is 0.706. The first-order valence-electron chi connectivity index (χ1n) is 9.22. The van der Waals surface area contributed by atoms with E-state index in [2.05, 4.69) is 4.98 Å². The van der Waals surface area contributed by atoms with Crippen LogP contribution < -0.4 is 21.9 Å². The molecule has 0 radical (unpaired) electrons. The van der Waals surface area contributed by atoms with Gasteiger partial charge in [0.1, 0.15) is 5.82 Å². The molecule has 146 valence electrons. The topological polar surface area (TPSA) is 114 Å². The molecule has 0 bridgehead atoms. The Labute approximate surface area is 152 Å². The lowest BCUT2D eigenvalue weighted by atomic mass is 10.2. The SMILES string of the molecule is CCCCN(C(=O)CN1CCOCC1)c1c(N)n(CCC)c(=O)[nH]c1=O. The van der Waals surface area contributed by atoms with Crippen LogP contribution in [0.2, 0.25) is 0 Å². The van der Waals surface area contributed by atoms with Crippen LogP contribution in [-0.2, 0) is 16.1 Å². The molecule has 1 aliphatic rings. The van der Waals surface area contributed by atoms with Crippen LogP contribution in [0.1, 0.15) is 33.1 Å². The number of H-pyrrole nitrogens is 1. The highest BCUT2D eigenvalue weighted by Crippen LogP contribution is 2.18. The van der Waals surface area contributed by atoms with Gasteiger partial charge in [0.15, 0.2) is 5.69 Å². The summed E-state index contributed by atoms with van der Waals surface area (Å²) < 4.78 is 6.62. The third-order valence-corrected chi connectivity index (χ3v) is 4.43. The second kappa shape index (κ2) is 9.54. The minimum absolute atomic E-state index is 0.0482. The van der Waals surface area contributed by atoms with Crippen LogP contribution in [0.5, 0.6) is 0 Å². The number of carbonyl (C=O) groups excluding carboxylic acids is 1. The summed E-state index contributed by atoms with van der Waals surface area (Å²) in [6, 6.07) is 0. The van der Waals surface area contributed by atoms with Crippen molar-refractivity contribution in [3.63, 3.8) is 0 Å². The molecule has 26 heavy (non-hydrogen) atoms. The Morgan fingerprint density at radius 3 is 2.54 bits per heavy atom. The molecule has 0 atom stereocenters. The van der Waals surface area contributed by atoms with Gasteiger partial charge in [-0.2, -0.15) is 0 Å². The molecule has 9 nitrogen and oxygen atoms in total. The first-order chi connectivity index (χ1) is 12.5. The monoisotopic (exact) mass is 367 g/mol. The van der Waals surface area contributed by atoms with Crippen LogP contribution in [0, 0.1) is 0 Å². The summed E-state index contributed by atoms with van der Waals surface area (Å²) in [5.74, 6) is -0.147. The molecule has 0 saturated carbocycles. The van der Waals surface area contributed by atoms with E-state index in [0.29, 0.717) is 45.8 Å². The number of unbranched alkanes of at least 4 members (excludes halogenated alkanes) is 1. The van der Waals surface area contributed by atoms with Crippen molar-refractivity contribution in [1.29, 1.82) is 0 Å². The van der Waals surface area contributed by atoms with Gasteiger partial charge in [-0.1, -0.05) is 20.3 Å². The number of hydrogen-bond acceptors (Lipinski definition) is 6. The fourth-order valence-corrected chi connectivity index (χ4v) is 3.00. The predicted octanol–water partition coefficient (Wildman–Crippen LogP) is -0.00590. The summed E-state index contributed by atoms with van der Waals surface area (Å²) in [4.78, 5) is 43.1. The van der Waals surface area contributed by atoms with Gasteiger partial charge in [0.05, 0.1) is 19.8 Å². The normalized spacial score (nSPS) is 15.2. The molecule has 3 N–H and O–H groups in total. The number of rotatable bonds is 8. The van der Waals surface area contributed by atoms with E-state index >= 15 is 0 Å². The van der Waals surface area contributed by atoms with Gasteiger partial charge in [0.2, 0.25) is 5.91 Å². The number of nitrogens with one attached hydrogen (secondary N) is 1. The van der Waals surface area contributed by atoms with Crippen LogP contribution in [0.25, 0.3) is 0 Å². The Morgan fingerprint density at radius 2 is 1.92 bits per heavy atom. The van der Waals surface area contributed by atoms with E-state index in [9.17, 15) is 14.4 Å². The van der Waals surface area contributed by atoms with Gasteiger partial charge in [-0.25, -0.2) is 4.79 Å². The number of morpholine rings is 1. The molecule has 1 amide bonds. The second-order valence-electron chi connectivity index (χ2n) is 6.43. The fourth-order valence-electron chi connectivity index (χ4n) is 3.00. The van der Waals surface area contributed by atoms with Gasteiger partial charge < -0.3 is 15.4 Å². The standard InChI is InChI=1S/C17H29N5O4/c1-3-5-7-21(13(23)12-20-8-10-26-11-9-20)14-15(18)22(6-4-2)17(25)19-16(14)24/h3-12,18H2,1-2H3,(H,19,24,25). The van der Waals surface area contributed by atoms with Gasteiger partial charge >= 0.3 is 5.69 Å². The van der Waals surface area contributed by atoms with E-state index in [1.54, 1.807) is 0 Å². The molecule has 0 spiro atoms. The van der Waals surface area contributed by atoms with Crippen LogP contribution >= 0.6 is 0 Å². The molecule has 0 unspecified atom stereocenters. The summed E-state index contributed by atoms with van der Waals surface area (Å²) in [6.07, 6.45) is 2.29. The Kier molecular flexibility index (Phi) is 7.40. The quantitative estimate of drug-likeness (QED) is 0.668. The minimum atomic E-state index is -0.619. The third kappa shape index (κ3) is 4.73. The first-order valence-corrected chi connectivity index (χ1v) is 9.22. The van der Waals surface area contributed by atoms with Crippen molar-refractivity contribution in [3.05, 3.63) is 20.8 Å². The van der Waals surface area contributed by atoms with Gasteiger partial charge in [0.25, 0.3) is 5.56 Å². The third-order valence-electron chi connectivity index (χ3n) is 4.43. The zero-order valence-corrected chi connectivity index (χ0v) is 15.6. The number of aromatic amines is 1. The van der Waals surface area contributed by atoms with Crippen LogP contribution in [0.3, 0.4) is 0 Å². The number of aromatic nitrogens is 2. The zero-order chi connectivity index (χ0) is 19.1. The maximum atomic E-state index is 12.9. The number of anilines is 2. The summed E-state index contributed by atoms with van der Waals surface area (Å²) >= 11 is 0. The summed E-state index contributed by atoms with van der Waals surface area (Å²) in [7, 11) is 0. The van der Waals surface area contributed by atoms with Crippen molar-refractivity contribution >= 4 is 17.4 Å². The average molecular weight is 367 g/mol. The molecule has 0 aromatic carbocycles. The highest BCUT2D eigenvalue weighted by molar-refractivity contribution is 5.96. The van der Waals surface area contributed by atoms with E-state index in [1.165, 1.54) is 9.47 Å². The molecular weight excluding hydrogens is 338 g/mol. The van der Waals surface area contributed by atoms with Crippen LogP contribution in [0.4, 0.5) is 11.5 Å². The molecule has 1 fully saturated rings. The lowest BCUT2D eigenvalue weighted by Gasteiger charge is -2.30. The number of amides is 1. The second-order valence-corrected chi connectivity index (χ2v) is 6.43. The van der Waals surface area contributed by atoms with E-state index in [4.69, 9.17) is 10.5 Å². The molecule has 1 aromatic heterocycles. The highest BCUT2D eigenvalue weighted by Gasteiger charge is 2.25. The Hall–Kier alpha value is -2.13. The molecule has 1 aromatic rings. The lowest BCUT2D eigenvalue weighted by molar-refractivity contribution is -0.120. The van der Waals surface area contributed by atoms with Crippen molar-refractivity contribution in [2.75, 3.05) is 50.0 Å². The average Bonchev–Trinajstić information content (AvgIpc) is 2.62. The van der Waals surface area contributed by atoms with Crippen molar-refractivity contribution < 1.29 is 9.53 Å². The number of nitrogen functional groups attached to an aromatic ring is 1. The van der Waals surface area contributed by atoms with E-state index in [0.717, 1.165) is 12.8 Å². The smallest absolute Gasteiger partial charge is 0.330 e. The zero-order valence-electron chi connectivity index (χ0n) is 15.6. The van der Waals surface area contributed by atoms with Gasteiger partial charge in [-0.15, -0.1) is 0 Å².